The van der Waals surface area contributed by atoms with Gasteiger partial charge in [0.2, 0.25) is 0 Å². The van der Waals surface area contributed by atoms with E-state index in [-0.39, 0.29) is 17.9 Å². The highest BCUT2D eigenvalue weighted by Crippen LogP contribution is 2.12. The summed E-state index contributed by atoms with van der Waals surface area (Å²) >= 11 is 0. The minimum atomic E-state index is -0.761. The molecule has 1 saturated heterocycles. The van der Waals surface area contributed by atoms with Gasteiger partial charge >= 0.3 is 0 Å². The molecule has 90 valence electrons. The molecule has 6 nitrogen and oxygen atoms in total. The van der Waals surface area contributed by atoms with E-state index in [1.807, 2.05) is 0 Å². The molecule has 7 heteroatoms. The van der Waals surface area contributed by atoms with Gasteiger partial charge in [0.15, 0.2) is 0 Å². The fourth-order valence-corrected chi connectivity index (χ4v) is 1.36. The Bertz CT molecular complexity index is 478. The molecule has 1 aliphatic heterocycles. The van der Waals surface area contributed by atoms with Crippen LogP contribution in [0.4, 0.5) is 10.1 Å². The predicted molar refractivity (Wildman–Crippen MR) is 56.2 cm³/mol. The number of carbonyl (C=O) groups is 2. The molecule has 0 bridgehead atoms. The van der Waals surface area contributed by atoms with E-state index in [4.69, 9.17) is 5.73 Å². The first-order valence-corrected chi connectivity index (χ1v) is 4.85. The average Bonchev–Trinajstić information content (AvgIpc) is 2.68. The topological polar surface area (TPSA) is 93.5 Å². The maximum Gasteiger partial charge on any atom is 0.268 e. The molecular weight excluding hydrogens is 229 g/mol. The second-order valence-electron chi connectivity index (χ2n) is 3.54. The predicted octanol–water partition coefficient (Wildman–Crippen LogP) is -0.432. The lowest BCUT2D eigenvalue weighted by Crippen LogP contribution is -2.41. The van der Waals surface area contributed by atoms with Crippen LogP contribution in [0.1, 0.15) is 10.4 Å². The quantitative estimate of drug-likeness (QED) is 0.610. The lowest BCUT2D eigenvalue weighted by atomic mass is 10.1. The fraction of sp³-hybridized carbons (Fsp3) is 0.200. The molecule has 17 heavy (non-hydrogen) atoms. The van der Waals surface area contributed by atoms with Gasteiger partial charge in [-0.25, -0.2) is 9.87 Å². The van der Waals surface area contributed by atoms with Gasteiger partial charge < -0.3 is 11.1 Å². The minimum absolute atomic E-state index is 0.0384. The lowest BCUT2D eigenvalue weighted by Gasteiger charge is -2.08. The molecule has 1 atom stereocenters. The molecule has 1 aromatic rings. The summed E-state index contributed by atoms with van der Waals surface area (Å²) < 4.78 is 13.1. The van der Waals surface area contributed by atoms with E-state index >= 15 is 0 Å². The molecule has 4 N–H and O–H groups in total. The van der Waals surface area contributed by atoms with Gasteiger partial charge in [0, 0.05) is 5.56 Å². The summed E-state index contributed by atoms with van der Waals surface area (Å²) in [5.74, 6) is -1.67. The Morgan fingerprint density at radius 3 is 2.94 bits per heavy atom. The number of hydrogen-bond acceptors (Lipinski definition) is 4. The zero-order valence-electron chi connectivity index (χ0n) is 8.70. The van der Waals surface area contributed by atoms with Crippen LogP contribution < -0.4 is 16.5 Å². The van der Waals surface area contributed by atoms with E-state index in [0.29, 0.717) is 0 Å². The van der Waals surface area contributed by atoms with Crippen LogP contribution in [-0.2, 0) is 9.63 Å². The summed E-state index contributed by atoms with van der Waals surface area (Å²) in [5, 5.41) is 2.41. The lowest BCUT2D eigenvalue weighted by molar-refractivity contribution is -0.125. The minimum Gasteiger partial charge on any atom is -0.396 e. The molecule has 0 radical (unpaired) electrons. The van der Waals surface area contributed by atoms with Crippen molar-refractivity contribution in [2.45, 2.75) is 6.04 Å². The highest BCUT2D eigenvalue weighted by Gasteiger charge is 2.27. The molecule has 0 saturated carbocycles. The van der Waals surface area contributed by atoms with Crippen LogP contribution in [0.2, 0.25) is 0 Å². The van der Waals surface area contributed by atoms with E-state index in [1.54, 1.807) is 0 Å². The number of nitrogen functional groups attached to an aromatic ring is 1. The molecule has 2 amide bonds. The molecular formula is C10H10FN3O3. The van der Waals surface area contributed by atoms with E-state index in [1.165, 1.54) is 12.1 Å². The van der Waals surface area contributed by atoms with Crippen LogP contribution in [-0.4, -0.2) is 24.5 Å². The third-order valence-electron chi connectivity index (χ3n) is 2.31. The normalized spacial score (nSPS) is 18.9. The van der Waals surface area contributed by atoms with Crippen LogP contribution in [0.25, 0.3) is 0 Å². The van der Waals surface area contributed by atoms with Crippen molar-refractivity contribution >= 4 is 17.5 Å². The monoisotopic (exact) mass is 239 g/mol. The standard InChI is InChI=1S/C10H10FN3O3/c11-6-3-5(1-2-7(6)12)9(15)13-8-4-17-14-10(8)16/h1-3,8H,4,12H2,(H,13,15)(H,14,16)/t8-/m1/s1. The SMILES string of the molecule is Nc1ccc(C(=O)N[C@@H]2CONC2=O)cc1F. The first-order chi connectivity index (χ1) is 8.08. The van der Waals surface area contributed by atoms with Crippen molar-refractivity contribution in [3.8, 4) is 0 Å². The van der Waals surface area contributed by atoms with Gasteiger partial charge in [-0.1, -0.05) is 0 Å². The zero-order valence-corrected chi connectivity index (χ0v) is 8.70. The third-order valence-corrected chi connectivity index (χ3v) is 2.31. The van der Waals surface area contributed by atoms with Gasteiger partial charge in [-0.05, 0) is 18.2 Å². The van der Waals surface area contributed by atoms with E-state index in [0.717, 1.165) is 6.07 Å². The molecule has 0 unspecified atom stereocenters. The zero-order chi connectivity index (χ0) is 12.4. The molecule has 0 aliphatic carbocycles. The van der Waals surface area contributed by atoms with Gasteiger partial charge in [-0.15, -0.1) is 0 Å². The summed E-state index contributed by atoms with van der Waals surface area (Å²) in [6.45, 7) is 0.0437. The molecule has 0 spiro atoms. The van der Waals surface area contributed by atoms with Crippen molar-refractivity contribution in [1.82, 2.24) is 10.8 Å². The van der Waals surface area contributed by atoms with Crippen LogP contribution in [0, 0.1) is 5.82 Å². The fourth-order valence-electron chi connectivity index (χ4n) is 1.36. The number of nitrogens with one attached hydrogen (secondary N) is 2. The number of nitrogens with two attached hydrogens (primary N) is 1. The number of hydroxylamine groups is 1. The molecule has 1 aliphatic rings. The van der Waals surface area contributed by atoms with E-state index < -0.39 is 23.7 Å². The molecule has 1 heterocycles. The summed E-state index contributed by atoms with van der Waals surface area (Å²) in [5.41, 5.74) is 7.44. The highest BCUT2D eigenvalue weighted by atomic mass is 19.1. The Balaban J connectivity index is 2.09. The van der Waals surface area contributed by atoms with E-state index in [9.17, 15) is 14.0 Å². The third kappa shape index (κ3) is 2.34. The number of amides is 2. The van der Waals surface area contributed by atoms with Crippen LogP contribution in [0.5, 0.6) is 0 Å². The van der Waals surface area contributed by atoms with Crippen molar-refractivity contribution < 1.29 is 18.8 Å². The average molecular weight is 239 g/mol. The number of benzene rings is 1. The number of rotatable bonds is 2. The van der Waals surface area contributed by atoms with Gasteiger partial charge in [0.25, 0.3) is 11.8 Å². The summed E-state index contributed by atoms with van der Waals surface area (Å²) in [4.78, 5) is 27.4. The van der Waals surface area contributed by atoms with Gasteiger partial charge in [0.1, 0.15) is 18.5 Å². The second-order valence-corrected chi connectivity index (χ2v) is 3.54. The van der Waals surface area contributed by atoms with Crippen LogP contribution >= 0.6 is 0 Å². The molecule has 1 aromatic carbocycles. The van der Waals surface area contributed by atoms with Crippen molar-refractivity contribution in [3.63, 3.8) is 0 Å². The van der Waals surface area contributed by atoms with Gasteiger partial charge in [-0.2, -0.15) is 0 Å². The maximum absolute atomic E-state index is 13.1. The molecule has 2 rings (SSSR count). The maximum atomic E-state index is 13.1. The summed E-state index contributed by atoms with van der Waals surface area (Å²) in [6, 6.07) is 2.91. The largest absolute Gasteiger partial charge is 0.396 e. The first-order valence-electron chi connectivity index (χ1n) is 4.85. The van der Waals surface area contributed by atoms with Crippen molar-refractivity contribution in [3.05, 3.63) is 29.6 Å². The van der Waals surface area contributed by atoms with Crippen molar-refractivity contribution in [2.24, 2.45) is 0 Å². The van der Waals surface area contributed by atoms with Crippen LogP contribution in [0.15, 0.2) is 18.2 Å². The summed E-state index contributed by atoms with van der Waals surface area (Å²) in [7, 11) is 0. The van der Waals surface area contributed by atoms with E-state index in [2.05, 4.69) is 15.6 Å². The Labute approximate surface area is 95.9 Å². The Kier molecular flexibility index (Phi) is 2.92. The van der Waals surface area contributed by atoms with Crippen molar-refractivity contribution in [2.75, 3.05) is 12.3 Å². The number of hydrogen-bond donors (Lipinski definition) is 3. The molecule has 1 fully saturated rings. The Hall–Kier alpha value is -2.15. The van der Waals surface area contributed by atoms with Gasteiger partial charge in [0.05, 0.1) is 5.69 Å². The summed E-state index contributed by atoms with van der Waals surface area (Å²) in [6.07, 6.45) is 0. The molecule has 0 aromatic heterocycles. The second kappa shape index (κ2) is 4.38. The number of anilines is 1. The van der Waals surface area contributed by atoms with Gasteiger partial charge in [-0.3, -0.25) is 14.4 Å². The smallest absolute Gasteiger partial charge is 0.268 e. The van der Waals surface area contributed by atoms with Crippen molar-refractivity contribution in [1.29, 1.82) is 0 Å². The Morgan fingerprint density at radius 1 is 1.59 bits per heavy atom. The first kappa shape index (κ1) is 11.3. The number of carbonyl (C=O) groups excluding carboxylic acids is 2. The number of halogens is 1. The highest BCUT2D eigenvalue weighted by molar-refractivity contribution is 5.98. The Morgan fingerprint density at radius 2 is 2.35 bits per heavy atom. The van der Waals surface area contributed by atoms with Crippen LogP contribution in [0.3, 0.4) is 0 Å².